The van der Waals surface area contributed by atoms with Crippen LogP contribution in [0.3, 0.4) is 0 Å². The van der Waals surface area contributed by atoms with Gasteiger partial charge in [-0.2, -0.15) is 0 Å². The second-order valence-electron chi connectivity index (χ2n) is 6.76. The van der Waals surface area contributed by atoms with E-state index in [1.54, 1.807) is 0 Å². The van der Waals surface area contributed by atoms with Crippen molar-refractivity contribution >= 4 is 0 Å². The van der Waals surface area contributed by atoms with Crippen LogP contribution in [0.25, 0.3) is 0 Å². The fourth-order valence-corrected chi connectivity index (χ4v) is 2.94. The third-order valence-electron chi connectivity index (χ3n) is 4.23. The zero-order valence-corrected chi connectivity index (χ0v) is 12.9. The zero-order valence-electron chi connectivity index (χ0n) is 12.9. The minimum atomic E-state index is -0.675. The molecule has 2 N–H and O–H groups in total. The lowest BCUT2D eigenvalue weighted by atomic mass is 9.79. The molecular formula is C17H27NO2. The molecule has 1 saturated heterocycles. The van der Waals surface area contributed by atoms with Crippen LogP contribution in [0.5, 0.6) is 0 Å². The van der Waals surface area contributed by atoms with Gasteiger partial charge in [-0.05, 0) is 24.3 Å². The molecule has 0 saturated carbocycles. The van der Waals surface area contributed by atoms with Gasteiger partial charge in [0.1, 0.15) is 5.60 Å². The fraction of sp³-hybridized carbons (Fsp3) is 0.647. The monoisotopic (exact) mass is 277 g/mol. The second-order valence-corrected chi connectivity index (χ2v) is 6.76. The first-order chi connectivity index (χ1) is 9.41. The Morgan fingerprint density at radius 3 is 2.65 bits per heavy atom. The highest BCUT2D eigenvalue weighted by Gasteiger charge is 2.32. The van der Waals surface area contributed by atoms with E-state index < -0.39 is 5.60 Å². The summed E-state index contributed by atoms with van der Waals surface area (Å²) in [6.45, 7) is 8.46. The number of nitrogens with one attached hydrogen (secondary N) is 1. The molecule has 3 heteroatoms. The van der Waals surface area contributed by atoms with Gasteiger partial charge < -0.3 is 15.2 Å². The molecule has 1 aliphatic heterocycles. The average molecular weight is 277 g/mol. The number of hydrogen-bond acceptors (Lipinski definition) is 3. The summed E-state index contributed by atoms with van der Waals surface area (Å²) in [6.07, 6.45) is 1.77. The van der Waals surface area contributed by atoms with E-state index in [-0.39, 0.29) is 5.41 Å². The van der Waals surface area contributed by atoms with Gasteiger partial charge in [0, 0.05) is 25.6 Å². The molecule has 0 aliphatic carbocycles. The number of ether oxygens (including phenoxy) is 1. The molecule has 112 valence electrons. The Bertz CT molecular complexity index is 410. The largest absolute Gasteiger partial charge is 0.386 e. The molecule has 1 aromatic carbocycles. The lowest BCUT2D eigenvalue weighted by Crippen LogP contribution is -2.45. The topological polar surface area (TPSA) is 41.5 Å². The van der Waals surface area contributed by atoms with Crippen LogP contribution in [0.4, 0.5) is 0 Å². The van der Waals surface area contributed by atoms with Gasteiger partial charge in [-0.1, -0.05) is 44.2 Å². The van der Waals surface area contributed by atoms with Gasteiger partial charge in [0.15, 0.2) is 0 Å². The zero-order chi connectivity index (χ0) is 14.6. The summed E-state index contributed by atoms with van der Waals surface area (Å²) in [5, 5.41) is 13.7. The fourth-order valence-electron chi connectivity index (χ4n) is 2.94. The van der Waals surface area contributed by atoms with E-state index in [2.05, 4.69) is 56.4 Å². The molecule has 2 rings (SSSR count). The number of benzene rings is 1. The summed E-state index contributed by atoms with van der Waals surface area (Å²) < 4.78 is 5.27. The van der Waals surface area contributed by atoms with Gasteiger partial charge >= 0.3 is 0 Å². The third-order valence-corrected chi connectivity index (χ3v) is 4.23. The van der Waals surface area contributed by atoms with E-state index in [9.17, 15) is 5.11 Å². The van der Waals surface area contributed by atoms with E-state index in [1.165, 1.54) is 5.56 Å². The van der Waals surface area contributed by atoms with Gasteiger partial charge in [0.2, 0.25) is 0 Å². The Kier molecular flexibility index (Phi) is 4.84. The van der Waals surface area contributed by atoms with Crippen LogP contribution in [-0.2, 0) is 10.2 Å². The molecule has 1 aromatic rings. The number of aliphatic hydroxyl groups is 1. The lowest BCUT2D eigenvalue weighted by Gasteiger charge is -2.31. The average Bonchev–Trinajstić information content (AvgIpc) is 2.85. The first-order valence-corrected chi connectivity index (χ1v) is 7.50. The van der Waals surface area contributed by atoms with E-state index in [0.29, 0.717) is 25.8 Å². The van der Waals surface area contributed by atoms with Crippen molar-refractivity contribution in [3.63, 3.8) is 0 Å². The molecule has 0 aromatic heterocycles. The van der Waals surface area contributed by atoms with Crippen molar-refractivity contribution in [3.05, 3.63) is 35.9 Å². The third kappa shape index (κ3) is 4.05. The summed E-state index contributed by atoms with van der Waals surface area (Å²) >= 11 is 0. The quantitative estimate of drug-likeness (QED) is 0.839. The first kappa shape index (κ1) is 15.5. The molecule has 20 heavy (non-hydrogen) atoms. The minimum absolute atomic E-state index is 0.127. The van der Waals surface area contributed by atoms with Crippen LogP contribution in [-0.4, -0.2) is 36.5 Å². The van der Waals surface area contributed by atoms with Gasteiger partial charge in [-0.15, -0.1) is 0 Å². The van der Waals surface area contributed by atoms with Crippen molar-refractivity contribution < 1.29 is 9.84 Å². The molecule has 0 amide bonds. The SMILES string of the molecule is C[C@@H](CC(C)(C)c1ccccc1)NC[C@]1(O)CCOC1. The summed E-state index contributed by atoms with van der Waals surface area (Å²) in [5.74, 6) is 0. The maximum absolute atomic E-state index is 10.3. The maximum Gasteiger partial charge on any atom is 0.102 e. The van der Waals surface area contributed by atoms with Crippen LogP contribution in [0.1, 0.15) is 39.2 Å². The predicted octanol–water partition coefficient (Wildman–Crippen LogP) is 2.48. The van der Waals surface area contributed by atoms with Crippen LogP contribution < -0.4 is 5.32 Å². The molecule has 2 atom stereocenters. The number of hydrogen-bond donors (Lipinski definition) is 2. The molecule has 0 bridgehead atoms. The number of rotatable bonds is 6. The van der Waals surface area contributed by atoms with Crippen molar-refractivity contribution in [3.8, 4) is 0 Å². The highest BCUT2D eigenvalue weighted by atomic mass is 16.5. The molecule has 1 fully saturated rings. The maximum atomic E-state index is 10.3. The molecule has 3 nitrogen and oxygen atoms in total. The van der Waals surface area contributed by atoms with E-state index in [0.717, 1.165) is 12.8 Å². The van der Waals surface area contributed by atoms with Crippen molar-refractivity contribution in [2.45, 2.75) is 50.7 Å². The Hall–Kier alpha value is -0.900. The summed E-state index contributed by atoms with van der Waals surface area (Å²) in [6, 6.07) is 11.0. The second kappa shape index (κ2) is 6.25. The summed E-state index contributed by atoms with van der Waals surface area (Å²) in [7, 11) is 0. The normalized spacial score (nSPS) is 24.8. The Balaban J connectivity index is 1.86. The molecule has 0 radical (unpaired) electrons. The van der Waals surface area contributed by atoms with Crippen LogP contribution >= 0.6 is 0 Å². The van der Waals surface area contributed by atoms with Crippen molar-refractivity contribution in [2.75, 3.05) is 19.8 Å². The van der Waals surface area contributed by atoms with E-state index in [4.69, 9.17) is 4.74 Å². The van der Waals surface area contributed by atoms with Crippen molar-refractivity contribution in [1.82, 2.24) is 5.32 Å². The molecule has 1 aliphatic rings. The Morgan fingerprint density at radius 2 is 2.05 bits per heavy atom. The lowest BCUT2D eigenvalue weighted by molar-refractivity contribution is 0.0245. The van der Waals surface area contributed by atoms with Crippen LogP contribution in [0.2, 0.25) is 0 Å². The minimum Gasteiger partial charge on any atom is -0.386 e. The highest BCUT2D eigenvalue weighted by molar-refractivity contribution is 5.23. The Labute approximate surface area is 122 Å². The Morgan fingerprint density at radius 1 is 1.35 bits per heavy atom. The predicted molar refractivity (Wildman–Crippen MR) is 81.9 cm³/mol. The van der Waals surface area contributed by atoms with E-state index >= 15 is 0 Å². The molecule has 0 unspecified atom stereocenters. The van der Waals surface area contributed by atoms with Gasteiger partial charge in [-0.25, -0.2) is 0 Å². The summed E-state index contributed by atoms with van der Waals surface area (Å²) in [4.78, 5) is 0. The van der Waals surface area contributed by atoms with Crippen molar-refractivity contribution in [1.29, 1.82) is 0 Å². The van der Waals surface area contributed by atoms with Gasteiger partial charge in [0.25, 0.3) is 0 Å². The molecule has 0 spiro atoms. The van der Waals surface area contributed by atoms with Gasteiger partial charge in [0.05, 0.1) is 6.61 Å². The molecule has 1 heterocycles. The molecular weight excluding hydrogens is 250 g/mol. The van der Waals surface area contributed by atoms with Crippen molar-refractivity contribution in [2.24, 2.45) is 0 Å². The smallest absolute Gasteiger partial charge is 0.102 e. The first-order valence-electron chi connectivity index (χ1n) is 7.50. The van der Waals surface area contributed by atoms with Crippen LogP contribution in [0, 0.1) is 0 Å². The summed E-state index contributed by atoms with van der Waals surface area (Å²) in [5.41, 5.74) is 0.810. The standard InChI is InChI=1S/C17H27NO2/c1-14(18-12-17(19)9-10-20-13-17)11-16(2,3)15-7-5-4-6-8-15/h4-8,14,18-19H,9-13H2,1-3H3/t14-,17+/m0/s1. The van der Waals surface area contributed by atoms with E-state index in [1.807, 2.05) is 0 Å². The van der Waals surface area contributed by atoms with Gasteiger partial charge in [-0.3, -0.25) is 0 Å². The van der Waals surface area contributed by atoms with Crippen LogP contribution in [0.15, 0.2) is 30.3 Å². The highest BCUT2D eigenvalue weighted by Crippen LogP contribution is 2.28.